The molecule has 7 nitrogen and oxygen atoms in total. The van der Waals surface area contributed by atoms with Crippen LogP contribution in [-0.2, 0) is 4.79 Å². The summed E-state index contributed by atoms with van der Waals surface area (Å²) in [6.45, 7) is 2.63. The quantitative estimate of drug-likeness (QED) is 0.596. The van der Waals surface area contributed by atoms with E-state index < -0.39 is 0 Å². The van der Waals surface area contributed by atoms with Crippen molar-refractivity contribution in [2.24, 2.45) is 0 Å². The summed E-state index contributed by atoms with van der Waals surface area (Å²) in [4.78, 5) is 34.0. The summed E-state index contributed by atoms with van der Waals surface area (Å²) in [5.41, 5.74) is 1.78. The molecule has 0 atom stereocenters. The Labute approximate surface area is 196 Å². The highest BCUT2D eigenvalue weighted by molar-refractivity contribution is 6.30. The molecule has 0 bridgehead atoms. The van der Waals surface area contributed by atoms with E-state index in [0.717, 1.165) is 11.4 Å². The molecular formula is C25H21ClN4O3. The van der Waals surface area contributed by atoms with Gasteiger partial charge in [-0.2, -0.15) is 0 Å². The highest BCUT2D eigenvalue weighted by Gasteiger charge is 2.26. The number of nitrogens with zero attached hydrogens (tertiary/aromatic N) is 3. The minimum atomic E-state index is -0.369. The topological polar surface area (TPSA) is 74.8 Å². The van der Waals surface area contributed by atoms with Gasteiger partial charge in [0.05, 0.1) is 5.69 Å². The first kappa shape index (κ1) is 21.0. The van der Waals surface area contributed by atoms with Gasteiger partial charge in [0.15, 0.2) is 11.5 Å². The number of piperazine rings is 1. The van der Waals surface area contributed by atoms with Crippen LogP contribution >= 0.6 is 11.6 Å². The van der Waals surface area contributed by atoms with E-state index >= 15 is 0 Å². The van der Waals surface area contributed by atoms with Crippen molar-refractivity contribution in [3.63, 3.8) is 0 Å². The second kappa shape index (κ2) is 8.96. The summed E-state index contributed by atoms with van der Waals surface area (Å²) in [5, 5.41) is 3.44. The Morgan fingerprint density at radius 1 is 1.03 bits per heavy atom. The van der Waals surface area contributed by atoms with Gasteiger partial charge >= 0.3 is 0 Å². The lowest BCUT2D eigenvalue weighted by Crippen LogP contribution is -2.49. The molecule has 166 valence electrons. The molecule has 8 heteroatoms. The highest BCUT2D eigenvalue weighted by atomic mass is 35.5. The molecule has 3 heterocycles. The number of hydrogen-bond donors (Lipinski definition) is 1. The summed E-state index contributed by atoms with van der Waals surface area (Å²) in [6.07, 6.45) is 3.42. The Hall–Kier alpha value is -3.84. The maximum Gasteiger partial charge on any atom is 0.291 e. The Balaban J connectivity index is 1.27. The number of amides is 2. The summed E-state index contributed by atoms with van der Waals surface area (Å²) in [5.74, 6) is 1.14. The maximum atomic E-state index is 13.1. The summed E-state index contributed by atoms with van der Waals surface area (Å²) in [7, 11) is 0. The van der Waals surface area contributed by atoms with E-state index in [1.54, 1.807) is 54.7 Å². The fourth-order valence-electron chi connectivity index (χ4n) is 3.87. The number of aromatic nitrogens is 1. The van der Waals surface area contributed by atoms with Crippen molar-refractivity contribution in [3.05, 3.63) is 88.8 Å². The van der Waals surface area contributed by atoms with Gasteiger partial charge in [-0.15, -0.1) is 0 Å². The minimum Gasteiger partial charge on any atom is -0.449 e. The number of anilines is 2. The predicted molar refractivity (Wildman–Crippen MR) is 127 cm³/mol. The molecule has 1 aromatic heterocycles. The number of carbonyl (C=O) groups excluding carboxylic acids is 2. The number of rotatable bonds is 3. The van der Waals surface area contributed by atoms with Gasteiger partial charge in [0.25, 0.3) is 11.8 Å². The monoisotopic (exact) mass is 460 g/mol. The zero-order chi connectivity index (χ0) is 22.8. The molecule has 1 saturated heterocycles. The lowest BCUT2D eigenvalue weighted by molar-refractivity contribution is -0.115. The molecule has 0 unspecified atom stereocenters. The van der Waals surface area contributed by atoms with Gasteiger partial charge in [-0.1, -0.05) is 29.8 Å². The summed E-state index contributed by atoms with van der Waals surface area (Å²) < 4.78 is 5.80. The van der Waals surface area contributed by atoms with E-state index in [1.165, 1.54) is 0 Å². The number of fused-ring (bicyclic) bond motifs is 1. The maximum absolute atomic E-state index is 13.1. The van der Waals surface area contributed by atoms with Crippen molar-refractivity contribution >= 4 is 41.0 Å². The van der Waals surface area contributed by atoms with Crippen molar-refractivity contribution < 1.29 is 14.3 Å². The molecule has 2 aromatic carbocycles. The lowest BCUT2D eigenvalue weighted by atomic mass is 10.1. The van der Waals surface area contributed by atoms with Crippen LogP contribution in [0.15, 0.2) is 72.6 Å². The van der Waals surface area contributed by atoms with Gasteiger partial charge in [-0.3, -0.25) is 9.59 Å². The number of ether oxygens (including phenoxy) is 1. The van der Waals surface area contributed by atoms with Gasteiger partial charge in [0, 0.05) is 43.0 Å². The first-order chi connectivity index (χ1) is 16.1. The number of carbonyl (C=O) groups is 2. The summed E-state index contributed by atoms with van der Waals surface area (Å²) in [6, 6.07) is 18.0. The van der Waals surface area contributed by atoms with Gasteiger partial charge in [-0.25, -0.2) is 4.98 Å². The van der Waals surface area contributed by atoms with Crippen LogP contribution < -0.4 is 15.0 Å². The molecule has 1 fully saturated rings. The van der Waals surface area contributed by atoms with Crippen molar-refractivity contribution in [2.75, 3.05) is 36.4 Å². The predicted octanol–water partition coefficient (Wildman–Crippen LogP) is 4.07. The first-order valence-electron chi connectivity index (χ1n) is 10.6. The van der Waals surface area contributed by atoms with Crippen LogP contribution in [0.2, 0.25) is 5.02 Å². The average Bonchev–Trinajstić information content (AvgIpc) is 2.86. The van der Waals surface area contributed by atoms with E-state index in [0.29, 0.717) is 48.2 Å². The van der Waals surface area contributed by atoms with E-state index in [4.69, 9.17) is 16.3 Å². The Bertz CT molecular complexity index is 1220. The van der Waals surface area contributed by atoms with Crippen molar-refractivity contribution in [1.82, 2.24) is 9.88 Å². The average molecular weight is 461 g/mol. The number of benzene rings is 2. The van der Waals surface area contributed by atoms with E-state index in [9.17, 15) is 9.59 Å². The fraction of sp³-hybridized carbons (Fsp3) is 0.160. The molecule has 2 aliphatic heterocycles. The van der Waals surface area contributed by atoms with Gasteiger partial charge in [0.2, 0.25) is 0 Å². The second-order valence-corrected chi connectivity index (χ2v) is 8.23. The molecule has 0 spiro atoms. The van der Waals surface area contributed by atoms with Crippen molar-refractivity contribution in [3.8, 4) is 5.75 Å². The number of pyridine rings is 1. The van der Waals surface area contributed by atoms with Gasteiger partial charge in [-0.05, 0) is 54.1 Å². The van der Waals surface area contributed by atoms with Crippen LogP contribution in [-0.4, -0.2) is 47.9 Å². The third kappa shape index (κ3) is 4.54. The van der Waals surface area contributed by atoms with E-state index in [1.807, 2.05) is 23.1 Å². The molecule has 0 radical (unpaired) electrons. The summed E-state index contributed by atoms with van der Waals surface area (Å²) >= 11 is 5.91. The Morgan fingerprint density at radius 2 is 1.82 bits per heavy atom. The minimum absolute atomic E-state index is 0.0739. The second-order valence-electron chi connectivity index (χ2n) is 7.79. The smallest absolute Gasteiger partial charge is 0.291 e. The Morgan fingerprint density at radius 3 is 2.55 bits per heavy atom. The van der Waals surface area contributed by atoms with Gasteiger partial charge in [0.1, 0.15) is 5.82 Å². The molecule has 1 N–H and O–H groups in total. The zero-order valence-corrected chi connectivity index (χ0v) is 18.5. The van der Waals surface area contributed by atoms with Crippen molar-refractivity contribution in [1.29, 1.82) is 0 Å². The molecule has 2 amide bonds. The van der Waals surface area contributed by atoms with Crippen LogP contribution in [0.3, 0.4) is 0 Å². The molecule has 5 rings (SSSR count). The van der Waals surface area contributed by atoms with E-state index in [2.05, 4.69) is 15.2 Å². The van der Waals surface area contributed by atoms with Crippen LogP contribution in [0.25, 0.3) is 6.08 Å². The highest BCUT2D eigenvalue weighted by Crippen LogP contribution is 2.33. The van der Waals surface area contributed by atoms with Crippen LogP contribution in [0.1, 0.15) is 15.9 Å². The van der Waals surface area contributed by atoms with Crippen LogP contribution in [0.5, 0.6) is 5.75 Å². The third-order valence-electron chi connectivity index (χ3n) is 5.63. The number of nitrogens with one attached hydrogen (secondary N) is 1. The molecule has 0 aliphatic carbocycles. The third-order valence-corrected chi connectivity index (χ3v) is 5.88. The molecular weight excluding hydrogens is 440 g/mol. The largest absolute Gasteiger partial charge is 0.449 e. The molecule has 2 aliphatic rings. The molecule has 33 heavy (non-hydrogen) atoms. The standard InChI is InChI=1S/C25H21ClN4O3/c26-19-7-4-17(5-8-19)15-22-24(31)28-20-16-18(6-9-21(20)33-22)25(32)30-13-11-29(12-14-30)23-3-1-2-10-27-23/h1-10,15-16H,11-14H2,(H,28,31)/b22-15+. The van der Waals surface area contributed by atoms with Crippen LogP contribution in [0.4, 0.5) is 11.5 Å². The number of halogens is 1. The zero-order valence-electron chi connectivity index (χ0n) is 17.7. The fourth-order valence-corrected chi connectivity index (χ4v) is 3.99. The van der Waals surface area contributed by atoms with Crippen LogP contribution in [0, 0.1) is 0 Å². The lowest BCUT2D eigenvalue weighted by Gasteiger charge is -2.35. The number of hydrogen-bond acceptors (Lipinski definition) is 5. The first-order valence-corrected chi connectivity index (χ1v) is 11.0. The normalized spacial score (nSPS) is 16.8. The molecule has 3 aromatic rings. The van der Waals surface area contributed by atoms with Gasteiger partial charge < -0.3 is 19.9 Å². The SMILES string of the molecule is O=C1Nc2cc(C(=O)N3CCN(c4ccccn4)CC3)ccc2O/C1=C/c1ccc(Cl)cc1. The van der Waals surface area contributed by atoms with Crippen molar-refractivity contribution in [2.45, 2.75) is 0 Å². The molecule has 0 saturated carbocycles. The Kier molecular flexibility index (Phi) is 5.71. The van der Waals surface area contributed by atoms with E-state index in [-0.39, 0.29) is 17.6 Å².